The molecule has 0 spiro atoms. The van der Waals surface area contributed by atoms with Crippen LogP contribution in [0.2, 0.25) is 0 Å². The van der Waals surface area contributed by atoms with E-state index in [2.05, 4.69) is 5.32 Å². The number of aromatic hydroxyl groups is 1. The van der Waals surface area contributed by atoms with Crippen LogP contribution in [0.15, 0.2) is 24.3 Å². The van der Waals surface area contributed by atoms with Crippen LogP contribution in [0.3, 0.4) is 0 Å². The van der Waals surface area contributed by atoms with E-state index < -0.39 is 0 Å². The summed E-state index contributed by atoms with van der Waals surface area (Å²) < 4.78 is 0. The van der Waals surface area contributed by atoms with Crippen LogP contribution >= 0.6 is 0 Å². The number of phenols is 1. The molecule has 0 aliphatic rings. The minimum atomic E-state index is 0.176. The van der Waals surface area contributed by atoms with E-state index >= 15 is 0 Å². The molecule has 0 heterocycles. The summed E-state index contributed by atoms with van der Waals surface area (Å²) in [7, 11) is 1.72. The first-order valence-electron chi connectivity index (χ1n) is 3.91. The molecule has 0 unspecified atom stereocenters. The van der Waals surface area contributed by atoms with E-state index in [0.717, 1.165) is 5.56 Å². The Hall–Kier alpha value is -1.77. The van der Waals surface area contributed by atoms with Crippen LogP contribution in [-0.4, -0.2) is 18.4 Å². The summed E-state index contributed by atoms with van der Waals surface area (Å²) in [6.45, 7) is 0. The molecule has 0 amide bonds. The number of allylic oxidation sites excluding steroid dienone is 1. The number of hydrogen-bond acceptors (Lipinski definition) is 3. The molecule has 3 heteroatoms. The van der Waals surface area contributed by atoms with Gasteiger partial charge in [0, 0.05) is 12.6 Å². The standard InChI is InChI=1S/C10H11NO2/c1-11-10-8(5-3-7-12)4-2-6-9(10)13/h2-7,11,13H,1H3/b5-3-. The van der Waals surface area contributed by atoms with Gasteiger partial charge in [-0.25, -0.2) is 0 Å². The minimum absolute atomic E-state index is 0.176. The van der Waals surface area contributed by atoms with Gasteiger partial charge in [-0.3, -0.25) is 4.79 Å². The largest absolute Gasteiger partial charge is 0.506 e. The average molecular weight is 177 g/mol. The predicted octanol–water partition coefficient (Wildman–Crippen LogP) is 1.65. The van der Waals surface area contributed by atoms with Gasteiger partial charge >= 0.3 is 0 Å². The fraction of sp³-hybridized carbons (Fsp3) is 0.100. The van der Waals surface area contributed by atoms with E-state index in [0.29, 0.717) is 12.0 Å². The van der Waals surface area contributed by atoms with Gasteiger partial charge in [0.2, 0.25) is 0 Å². The molecule has 2 N–H and O–H groups in total. The normalized spacial score (nSPS) is 10.2. The smallest absolute Gasteiger partial charge is 0.142 e. The van der Waals surface area contributed by atoms with Gasteiger partial charge in [-0.15, -0.1) is 0 Å². The molecule has 3 nitrogen and oxygen atoms in total. The highest BCUT2D eigenvalue weighted by atomic mass is 16.3. The third-order valence-corrected chi connectivity index (χ3v) is 1.68. The first kappa shape index (κ1) is 9.32. The van der Waals surface area contributed by atoms with Gasteiger partial charge in [0.05, 0.1) is 5.69 Å². The van der Waals surface area contributed by atoms with Gasteiger partial charge in [0.25, 0.3) is 0 Å². The minimum Gasteiger partial charge on any atom is -0.506 e. The summed E-state index contributed by atoms with van der Waals surface area (Å²) in [5.41, 5.74) is 1.41. The molecule has 13 heavy (non-hydrogen) atoms. The number of nitrogens with one attached hydrogen (secondary N) is 1. The molecule has 0 aliphatic heterocycles. The Morgan fingerprint density at radius 1 is 1.46 bits per heavy atom. The zero-order chi connectivity index (χ0) is 9.68. The first-order chi connectivity index (χ1) is 6.29. The highest BCUT2D eigenvalue weighted by Crippen LogP contribution is 2.27. The molecule has 68 valence electrons. The van der Waals surface area contributed by atoms with Crippen molar-refractivity contribution in [1.82, 2.24) is 0 Å². The molecule has 0 radical (unpaired) electrons. The van der Waals surface area contributed by atoms with Crippen molar-refractivity contribution in [2.45, 2.75) is 0 Å². The van der Waals surface area contributed by atoms with Gasteiger partial charge in [-0.05, 0) is 18.2 Å². The SMILES string of the molecule is CNc1c(O)cccc1/C=C\C=O. The first-order valence-corrected chi connectivity index (χ1v) is 3.91. The Bertz CT molecular complexity index is 332. The highest BCUT2D eigenvalue weighted by Gasteiger charge is 2.01. The molecule has 0 aromatic heterocycles. The van der Waals surface area contributed by atoms with Gasteiger partial charge in [0.15, 0.2) is 0 Å². The number of phenolic OH excluding ortho intramolecular Hbond substituents is 1. The summed E-state index contributed by atoms with van der Waals surface area (Å²) >= 11 is 0. The Morgan fingerprint density at radius 3 is 2.85 bits per heavy atom. The number of hydrogen-bond donors (Lipinski definition) is 2. The van der Waals surface area contributed by atoms with E-state index in [1.54, 1.807) is 25.3 Å². The maximum Gasteiger partial charge on any atom is 0.142 e. The summed E-state index contributed by atoms with van der Waals surface area (Å²) in [4.78, 5) is 10.1. The van der Waals surface area contributed by atoms with E-state index in [4.69, 9.17) is 0 Å². The summed E-state index contributed by atoms with van der Waals surface area (Å²) in [5.74, 6) is 0.176. The molecule has 0 fully saturated rings. The molecular formula is C10H11NO2. The highest BCUT2D eigenvalue weighted by molar-refractivity contribution is 5.79. The monoisotopic (exact) mass is 177 g/mol. The van der Waals surface area contributed by atoms with Gasteiger partial charge in [-0.1, -0.05) is 12.1 Å². The average Bonchev–Trinajstić information content (AvgIpc) is 2.15. The van der Waals surface area contributed by atoms with Crippen molar-refractivity contribution in [3.05, 3.63) is 29.8 Å². The Kier molecular flexibility index (Phi) is 3.09. The number of carbonyl (C=O) groups excluding carboxylic acids is 1. The maximum absolute atomic E-state index is 10.1. The lowest BCUT2D eigenvalue weighted by Gasteiger charge is -2.06. The number of para-hydroxylation sites is 1. The van der Waals surface area contributed by atoms with Crippen molar-refractivity contribution in [1.29, 1.82) is 0 Å². The zero-order valence-corrected chi connectivity index (χ0v) is 7.32. The number of rotatable bonds is 3. The van der Waals surface area contributed by atoms with Crippen LogP contribution < -0.4 is 5.32 Å². The Balaban J connectivity index is 3.12. The van der Waals surface area contributed by atoms with Crippen molar-refractivity contribution >= 4 is 18.0 Å². The summed E-state index contributed by atoms with van der Waals surface area (Å²) in [5, 5.41) is 12.3. The van der Waals surface area contributed by atoms with Crippen molar-refractivity contribution in [2.75, 3.05) is 12.4 Å². The third-order valence-electron chi connectivity index (χ3n) is 1.68. The van der Waals surface area contributed by atoms with Crippen LogP contribution in [0, 0.1) is 0 Å². The van der Waals surface area contributed by atoms with Crippen LogP contribution in [0.4, 0.5) is 5.69 Å². The Labute approximate surface area is 76.7 Å². The van der Waals surface area contributed by atoms with Crippen molar-refractivity contribution in [3.63, 3.8) is 0 Å². The fourth-order valence-electron chi connectivity index (χ4n) is 1.11. The molecule has 0 bridgehead atoms. The second-order valence-electron chi connectivity index (χ2n) is 2.49. The molecule has 1 rings (SSSR count). The maximum atomic E-state index is 10.1. The molecule has 1 aromatic rings. The molecule has 0 atom stereocenters. The molecule has 1 aromatic carbocycles. The van der Waals surface area contributed by atoms with Crippen molar-refractivity contribution in [2.24, 2.45) is 0 Å². The fourth-order valence-corrected chi connectivity index (χ4v) is 1.11. The van der Waals surface area contributed by atoms with Crippen LogP contribution in [0.25, 0.3) is 6.08 Å². The lowest BCUT2D eigenvalue weighted by atomic mass is 10.1. The summed E-state index contributed by atoms with van der Waals surface area (Å²) in [6.07, 6.45) is 3.72. The van der Waals surface area contributed by atoms with Crippen molar-refractivity contribution < 1.29 is 9.90 Å². The zero-order valence-electron chi connectivity index (χ0n) is 7.32. The van der Waals surface area contributed by atoms with E-state index in [1.807, 2.05) is 6.07 Å². The lowest BCUT2D eigenvalue weighted by molar-refractivity contribution is -0.104. The molecule has 0 saturated heterocycles. The van der Waals surface area contributed by atoms with Crippen LogP contribution in [0.1, 0.15) is 5.56 Å². The third kappa shape index (κ3) is 2.08. The summed E-state index contributed by atoms with van der Waals surface area (Å²) in [6, 6.07) is 5.12. The molecular weight excluding hydrogens is 166 g/mol. The van der Waals surface area contributed by atoms with Crippen LogP contribution in [0.5, 0.6) is 5.75 Å². The predicted molar refractivity (Wildman–Crippen MR) is 52.8 cm³/mol. The number of carbonyl (C=O) groups is 1. The van der Waals surface area contributed by atoms with Gasteiger partial charge < -0.3 is 10.4 Å². The number of anilines is 1. The van der Waals surface area contributed by atoms with E-state index in [1.165, 1.54) is 6.08 Å². The lowest BCUT2D eigenvalue weighted by Crippen LogP contribution is -1.91. The second kappa shape index (κ2) is 4.30. The van der Waals surface area contributed by atoms with E-state index in [-0.39, 0.29) is 5.75 Å². The van der Waals surface area contributed by atoms with E-state index in [9.17, 15) is 9.90 Å². The Morgan fingerprint density at radius 2 is 2.23 bits per heavy atom. The molecule has 0 aliphatic carbocycles. The second-order valence-corrected chi connectivity index (χ2v) is 2.49. The van der Waals surface area contributed by atoms with Crippen LogP contribution in [-0.2, 0) is 4.79 Å². The topological polar surface area (TPSA) is 49.3 Å². The number of benzene rings is 1. The quantitative estimate of drug-likeness (QED) is 0.419. The van der Waals surface area contributed by atoms with Crippen molar-refractivity contribution in [3.8, 4) is 5.75 Å². The molecule has 0 saturated carbocycles. The number of aldehydes is 1. The van der Waals surface area contributed by atoms with Gasteiger partial charge in [-0.2, -0.15) is 0 Å². The van der Waals surface area contributed by atoms with Gasteiger partial charge in [0.1, 0.15) is 12.0 Å².